The van der Waals surface area contributed by atoms with Gasteiger partial charge in [-0.15, -0.1) is 0 Å². The van der Waals surface area contributed by atoms with Crippen molar-refractivity contribution in [2.75, 3.05) is 20.1 Å². The van der Waals surface area contributed by atoms with Gasteiger partial charge in [-0.3, -0.25) is 0 Å². The summed E-state index contributed by atoms with van der Waals surface area (Å²) in [4.78, 5) is 11.1. The Morgan fingerprint density at radius 2 is 2.00 bits per heavy atom. The van der Waals surface area contributed by atoms with Gasteiger partial charge in [-0.05, 0) is 61.9 Å². The van der Waals surface area contributed by atoms with Crippen molar-refractivity contribution in [2.24, 2.45) is 0 Å². The van der Waals surface area contributed by atoms with E-state index in [1.54, 1.807) is 0 Å². The molecule has 15 heavy (non-hydrogen) atoms. The molecule has 2 rings (SSSR count). The van der Waals surface area contributed by atoms with Gasteiger partial charge < -0.3 is 4.90 Å². The van der Waals surface area contributed by atoms with Crippen LogP contribution >= 0.6 is 15.9 Å². The molecule has 1 aromatic rings. The molecule has 1 aromatic heterocycles. The van der Waals surface area contributed by atoms with E-state index in [2.05, 4.69) is 43.9 Å². The highest BCUT2D eigenvalue weighted by Gasteiger charge is 2.20. The van der Waals surface area contributed by atoms with Crippen LogP contribution in [0.4, 0.5) is 0 Å². The summed E-state index contributed by atoms with van der Waals surface area (Å²) in [5.41, 5.74) is 2.24. The monoisotopic (exact) mass is 269 g/mol. The van der Waals surface area contributed by atoms with Crippen LogP contribution in [0.5, 0.6) is 0 Å². The van der Waals surface area contributed by atoms with E-state index in [9.17, 15) is 0 Å². The second-order valence-corrected chi connectivity index (χ2v) is 4.99. The molecule has 0 saturated carbocycles. The molecule has 1 fully saturated rings. The molecule has 4 heteroatoms. The highest BCUT2D eigenvalue weighted by molar-refractivity contribution is 9.10. The molecule has 0 radical (unpaired) electrons. The number of rotatable bonds is 1. The molecule has 0 aliphatic carbocycles. The number of nitrogens with zero attached hydrogens (tertiary/aromatic N) is 3. The van der Waals surface area contributed by atoms with E-state index in [1.807, 2.05) is 6.92 Å². The summed E-state index contributed by atoms with van der Waals surface area (Å²) >= 11 is 3.36. The van der Waals surface area contributed by atoms with E-state index in [0.717, 1.165) is 10.4 Å². The largest absolute Gasteiger partial charge is 0.306 e. The minimum atomic E-state index is 0.610. The van der Waals surface area contributed by atoms with E-state index >= 15 is 0 Å². The Balaban J connectivity index is 2.15. The van der Waals surface area contributed by atoms with E-state index in [1.165, 1.54) is 31.6 Å². The van der Waals surface area contributed by atoms with Gasteiger partial charge in [-0.2, -0.15) is 0 Å². The summed E-state index contributed by atoms with van der Waals surface area (Å²) in [6.07, 6.45) is 2.42. The molecule has 1 aliphatic heterocycles. The highest BCUT2D eigenvalue weighted by Crippen LogP contribution is 2.26. The molecule has 0 spiro atoms. The summed E-state index contributed by atoms with van der Waals surface area (Å²) in [6, 6.07) is 2.11. The average molecular weight is 270 g/mol. The molecule has 1 saturated heterocycles. The van der Waals surface area contributed by atoms with E-state index < -0.39 is 0 Å². The second-order valence-electron chi connectivity index (χ2n) is 4.28. The van der Waals surface area contributed by atoms with Crippen LogP contribution in [-0.2, 0) is 0 Å². The third-order valence-electron chi connectivity index (χ3n) is 2.98. The lowest BCUT2D eigenvalue weighted by Gasteiger charge is -2.28. The zero-order valence-corrected chi connectivity index (χ0v) is 10.8. The van der Waals surface area contributed by atoms with Crippen LogP contribution in [0.1, 0.15) is 30.1 Å². The van der Waals surface area contributed by atoms with Gasteiger partial charge in [0.15, 0.2) is 4.73 Å². The van der Waals surface area contributed by atoms with Crippen LogP contribution in [0.15, 0.2) is 10.8 Å². The summed E-state index contributed by atoms with van der Waals surface area (Å²) in [6.45, 7) is 4.36. The maximum absolute atomic E-state index is 4.47. The van der Waals surface area contributed by atoms with Crippen molar-refractivity contribution in [3.8, 4) is 0 Å². The Bertz CT molecular complexity index is 325. The lowest BCUT2D eigenvalue weighted by molar-refractivity contribution is 0.253. The van der Waals surface area contributed by atoms with Gasteiger partial charge in [-0.1, -0.05) is 0 Å². The van der Waals surface area contributed by atoms with E-state index in [-0.39, 0.29) is 0 Å². The molecular formula is C11H16BrN3. The molecule has 0 unspecified atom stereocenters. The van der Waals surface area contributed by atoms with Gasteiger partial charge in [0.25, 0.3) is 0 Å². The first-order valence-electron chi connectivity index (χ1n) is 5.35. The number of halogens is 1. The third kappa shape index (κ3) is 2.75. The summed E-state index contributed by atoms with van der Waals surface area (Å²) < 4.78 is 0.719. The lowest BCUT2D eigenvalue weighted by atomic mass is 9.93. The fraction of sp³-hybridized carbons (Fsp3) is 0.636. The fourth-order valence-corrected chi connectivity index (χ4v) is 2.55. The SMILES string of the molecule is Cc1cc(C2CCN(C)CC2)nc(Br)n1. The molecule has 0 atom stereocenters. The molecule has 0 bridgehead atoms. The minimum Gasteiger partial charge on any atom is -0.306 e. The Hall–Kier alpha value is -0.480. The predicted molar refractivity (Wildman–Crippen MR) is 63.9 cm³/mol. The normalized spacial score (nSPS) is 19.4. The molecule has 0 N–H and O–H groups in total. The number of likely N-dealkylation sites (tertiary alicyclic amines) is 1. The van der Waals surface area contributed by atoms with Crippen molar-refractivity contribution in [3.05, 3.63) is 22.2 Å². The molecule has 82 valence electrons. The first-order valence-corrected chi connectivity index (χ1v) is 6.14. The Labute approximate surface area is 99.0 Å². The van der Waals surface area contributed by atoms with Gasteiger partial charge in [-0.25, -0.2) is 9.97 Å². The Kier molecular flexibility index (Phi) is 3.36. The van der Waals surface area contributed by atoms with Crippen LogP contribution in [0.3, 0.4) is 0 Å². The zero-order chi connectivity index (χ0) is 10.8. The molecule has 2 heterocycles. The van der Waals surface area contributed by atoms with Gasteiger partial charge in [0, 0.05) is 17.3 Å². The number of piperidine rings is 1. The molecular weight excluding hydrogens is 254 g/mol. The first-order chi connectivity index (χ1) is 7.15. The van der Waals surface area contributed by atoms with Crippen molar-refractivity contribution in [3.63, 3.8) is 0 Å². The van der Waals surface area contributed by atoms with Gasteiger partial charge in [0.2, 0.25) is 0 Å². The van der Waals surface area contributed by atoms with Gasteiger partial charge >= 0.3 is 0 Å². The number of aryl methyl sites for hydroxylation is 1. The smallest absolute Gasteiger partial charge is 0.197 e. The van der Waals surface area contributed by atoms with Crippen LogP contribution in [0, 0.1) is 6.92 Å². The highest BCUT2D eigenvalue weighted by atomic mass is 79.9. The number of hydrogen-bond donors (Lipinski definition) is 0. The fourth-order valence-electron chi connectivity index (χ4n) is 2.07. The minimum absolute atomic E-state index is 0.610. The van der Waals surface area contributed by atoms with Crippen LogP contribution in [0.25, 0.3) is 0 Å². The van der Waals surface area contributed by atoms with Crippen molar-refractivity contribution in [1.82, 2.24) is 14.9 Å². The van der Waals surface area contributed by atoms with Crippen molar-refractivity contribution < 1.29 is 0 Å². The molecule has 0 amide bonds. The van der Waals surface area contributed by atoms with Crippen molar-refractivity contribution >= 4 is 15.9 Å². The number of aromatic nitrogens is 2. The lowest BCUT2D eigenvalue weighted by Crippen LogP contribution is -2.29. The van der Waals surface area contributed by atoms with E-state index in [4.69, 9.17) is 0 Å². The van der Waals surface area contributed by atoms with Gasteiger partial charge in [0.05, 0.1) is 0 Å². The van der Waals surface area contributed by atoms with Crippen LogP contribution in [-0.4, -0.2) is 35.0 Å². The predicted octanol–water partition coefficient (Wildman–Crippen LogP) is 2.36. The summed E-state index contributed by atoms with van der Waals surface area (Å²) in [5.74, 6) is 0.610. The van der Waals surface area contributed by atoms with Crippen LogP contribution in [0.2, 0.25) is 0 Å². The topological polar surface area (TPSA) is 29.0 Å². The number of hydrogen-bond acceptors (Lipinski definition) is 3. The standard InChI is InChI=1S/C11H16BrN3/c1-8-7-10(14-11(12)13-8)9-3-5-15(2)6-4-9/h7,9H,3-6H2,1-2H3. The third-order valence-corrected chi connectivity index (χ3v) is 3.34. The van der Waals surface area contributed by atoms with E-state index in [0.29, 0.717) is 5.92 Å². The van der Waals surface area contributed by atoms with Crippen LogP contribution < -0.4 is 0 Å². The van der Waals surface area contributed by atoms with Crippen molar-refractivity contribution in [1.29, 1.82) is 0 Å². The molecule has 3 nitrogen and oxygen atoms in total. The maximum atomic E-state index is 4.47. The molecule has 0 aromatic carbocycles. The Morgan fingerprint density at radius 3 is 2.60 bits per heavy atom. The quantitative estimate of drug-likeness (QED) is 0.733. The Morgan fingerprint density at radius 1 is 1.33 bits per heavy atom. The zero-order valence-electron chi connectivity index (χ0n) is 9.20. The second kappa shape index (κ2) is 4.58. The van der Waals surface area contributed by atoms with Gasteiger partial charge in [0.1, 0.15) is 0 Å². The van der Waals surface area contributed by atoms with Crippen molar-refractivity contribution in [2.45, 2.75) is 25.7 Å². The summed E-state index contributed by atoms with van der Waals surface area (Å²) in [5, 5.41) is 0. The summed E-state index contributed by atoms with van der Waals surface area (Å²) in [7, 11) is 2.18. The average Bonchev–Trinajstić information content (AvgIpc) is 2.17. The molecule has 1 aliphatic rings. The maximum Gasteiger partial charge on any atom is 0.197 e. The first kappa shape index (κ1) is 11.0.